The lowest BCUT2D eigenvalue weighted by atomic mass is 9.90. The number of rotatable bonds is 8. The highest BCUT2D eigenvalue weighted by molar-refractivity contribution is 6.03. The normalized spacial score (nSPS) is 14.2. The van der Waals surface area contributed by atoms with Gasteiger partial charge in [-0.05, 0) is 87.2 Å². The van der Waals surface area contributed by atoms with E-state index in [2.05, 4.69) is 15.5 Å². The topological polar surface area (TPSA) is 105 Å². The van der Waals surface area contributed by atoms with E-state index in [4.69, 9.17) is 5.73 Å². The summed E-state index contributed by atoms with van der Waals surface area (Å²) in [7, 11) is 0. The van der Waals surface area contributed by atoms with Gasteiger partial charge in [-0.15, -0.1) is 0 Å². The first-order valence-corrected chi connectivity index (χ1v) is 12.4. The monoisotopic (exact) mass is 502 g/mol. The van der Waals surface area contributed by atoms with Gasteiger partial charge in [-0.3, -0.25) is 14.5 Å². The Hall–Kier alpha value is -4.04. The molecule has 4 N–H and O–H groups in total. The fourth-order valence-corrected chi connectivity index (χ4v) is 4.73. The van der Waals surface area contributed by atoms with Crippen LogP contribution in [-0.2, 0) is 13.0 Å². The van der Waals surface area contributed by atoms with Gasteiger partial charge >= 0.3 is 6.03 Å². The Labute approximate surface area is 215 Å². The second kappa shape index (κ2) is 11.8. The lowest BCUT2D eigenvalue weighted by Gasteiger charge is -2.33. The number of anilines is 2. The Kier molecular flexibility index (Phi) is 8.30. The first-order chi connectivity index (χ1) is 17.8. The summed E-state index contributed by atoms with van der Waals surface area (Å²) in [6.45, 7) is 3.61. The van der Waals surface area contributed by atoms with Crippen molar-refractivity contribution in [2.45, 2.75) is 32.7 Å². The third kappa shape index (κ3) is 7.01. The minimum absolute atomic E-state index is 0.0954. The molecule has 0 aliphatic carbocycles. The number of carbonyl (C=O) groups is 3. The summed E-state index contributed by atoms with van der Waals surface area (Å²) in [5.41, 5.74) is 9.31. The van der Waals surface area contributed by atoms with Gasteiger partial charge in [0.25, 0.3) is 0 Å². The molecule has 192 valence electrons. The van der Waals surface area contributed by atoms with Crippen molar-refractivity contribution in [3.05, 3.63) is 94.8 Å². The van der Waals surface area contributed by atoms with E-state index < -0.39 is 11.9 Å². The van der Waals surface area contributed by atoms with E-state index in [1.165, 1.54) is 19.1 Å². The molecule has 1 aliphatic heterocycles. The largest absolute Gasteiger partial charge is 0.366 e. The molecule has 4 rings (SSSR count). The number of primary amides is 1. The summed E-state index contributed by atoms with van der Waals surface area (Å²) in [4.78, 5) is 38.9. The maximum Gasteiger partial charge on any atom is 0.323 e. The van der Waals surface area contributed by atoms with Gasteiger partial charge in [-0.2, -0.15) is 0 Å². The molecule has 0 bridgehead atoms. The van der Waals surface area contributed by atoms with Gasteiger partial charge in [0.2, 0.25) is 5.91 Å². The number of benzene rings is 3. The number of ketones is 1. The molecular formula is C29H31FN4O3. The standard InChI is InChI=1S/C29H31FN4O3/c1-19(35)22-4-2-5-24(17-22)32-29(37)33-27-7-3-6-25(28(31)36)26(27)18-34-14-12-21(13-15-34)16-20-8-10-23(30)11-9-20/h2-11,17,21H,12-16,18H2,1H3,(H2,31,36)(H2,32,33,37). The summed E-state index contributed by atoms with van der Waals surface area (Å²) in [6.07, 6.45) is 2.86. The fraction of sp³-hybridized carbons (Fsp3) is 0.276. The Morgan fingerprint density at radius 3 is 2.35 bits per heavy atom. The van der Waals surface area contributed by atoms with Gasteiger partial charge < -0.3 is 16.4 Å². The highest BCUT2D eigenvalue weighted by Gasteiger charge is 2.23. The van der Waals surface area contributed by atoms with Gasteiger partial charge in [-0.1, -0.05) is 30.3 Å². The molecule has 0 radical (unpaired) electrons. The number of piperidine rings is 1. The van der Waals surface area contributed by atoms with Crippen LogP contribution in [0, 0.1) is 11.7 Å². The number of urea groups is 1. The average molecular weight is 503 g/mol. The van der Waals surface area contributed by atoms with E-state index in [1.54, 1.807) is 42.5 Å². The van der Waals surface area contributed by atoms with E-state index in [1.807, 2.05) is 12.1 Å². The number of Topliss-reactive ketones (excluding diaryl/α,β-unsaturated/α-hetero) is 1. The first kappa shape index (κ1) is 26.0. The van der Waals surface area contributed by atoms with E-state index in [0.29, 0.717) is 40.5 Å². The van der Waals surface area contributed by atoms with Crippen LogP contribution in [0.1, 0.15) is 51.6 Å². The summed E-state index contributed by atoms with van der Waals surface area (Å²) in [6, 6.07) is 18.0. The molecule has 3 amide bonds. The lowest BCUT2D eigenvalue weighted by Crippen LogP contribution is -2.35. The van der Waals surface area contributed by atoms with Crippen LogP contribution >= 0.6 is 0 Å². The molecule has 0 unspecified atom stereocenters. The Balaban J connectivity index is 1.42. The van der Waals surface area contributed by atoms with Gasteiger partial charge in [0.1, 0.15) is 5.82 Å². The highest BCUT2D eigenvalue weighted by atomic mass is 19.1. The van der Waals surface area contributed by atoms with Gasteiger partial charge in [0, 0.05) is 34.6 Å². The number of nitrogens with zero attached hydrogens (tertiary/aromatic N) is 1. The lowest BCUT2D eigenvalue weighted by molar-refractivity contribution is 0.0993. The molecule has 1 heterocycles. The van der Waals surface area contributed by atoms with Crippen LogP contribution in [0.3, 0.4) is 0 Å². The zero-order valence-electron chi connectivity index (χ0n) is 20.8. The molecule has 7 nitrogen and oxygen atoms in total. The van der Waals surface area contributed by atoms with Crippen LogP contribution < -0.4 is 16.4 Å². The zero-order chi connectivity index (χ0) is 26.4. The molecule has 8 heteroatoms. The van der Waals surface area contributed by atoms with Crippen LogP contribution in [-0.4, -0.2) is 35.7 Å². The predicted octanol–water partition coefficient (Wildman–Crippen LogP) is 5.23. The first-order valence-electron chi connectivity index (χ1n) is 12.4. The number of carbonyl (C=O) groups excluding carboxylic acids is 3. The summed E-state index contributed by atoms with van der Waals surface area (Å²) in [5.74, 6) is -0.377. The molecule has 0 spiro atoms. The number of nitrogens with two attached hydrogens (primary N) is 1. The molecule has 3 aromatic rings. The van der Waals surface area contributed by atoms with Crippen molar-refractivity contribution >= 4 is 29.1 Å². The van der Waals surface area contributed by atoms with E-state index in [0.717, 1.165) is 37.9 Å². The Morgan fingerprint density at radius 2 is 1.68 bits per heavy atom. The van der Waals surface area contributed by atoms with E-state index in [-0.39, 0.29) is 11.6 Å². The zero-order valence-corrected chi connectivity index (χ0v) is 20.8. The Morgan fingerprint density at radius 1 is 0.973 bits per heavy atom. The van der Waals surface area contributed by atoms with Crippen molar-refractivity contribution in [2.75, 3.05) is 23.7 Å². The van der Waals surface area contributed by atoms with Crippen molar-refractivity contribution in [1.29, 1.82) is 0 Å². The minimum atomic E-state index is -0.556. The van der Waals surface area contributed by atoms with Crippen molar-refractivity contribution in [3.8, 4) is 0 Å². The SMILES string of the molecule is CC(=O)c1cccc(NC(=O)Nc2cccc(C(N)=O)c2CN2CCC(Cc3ccc(F)cc3)CC2)c1. The van der Waals surface area contributed by atoms with Crippen LogP contribution in [0.2, 0.25) is 0 Å². The highest BCUT2D eigenvalue weighted by Crippen LogP contribution is 2.27. The number of nitrogens with one attached hydrogen (secondary N) is 2. The number of hydrogen-bond donors (Lipinski definition) is 3. The van der Waals surface area contributed by atoms with E-state index in [9.17, 15) is 18.8 Å². The van der Waals surface area contributed by atoms with Crippen molar-refractivity contribution < 1.29 is 18.8 Å². The molecule has 1 saturated heterocycles. The van der Waals surface area contributed by atoms with Crippen LogP contribution in [0.15, 0.2) is 66.7 Å². The van der Waals surface area contributed by atoms with Crippen molar-refractivity contribution in [3.63, 3.8) is 0 Å². The second-order valence-corrected chi connectivity index (χ2v) is 9.46. The predicted molar refractivity (Wildman–Crippen MR) is 142 cm³/mol. The molecule has 1 fully saturated rings. The van der Waals surface area contributed by atoms with E-state index >= 15 is 0 Å². The van der Waals surface area contributed by atoms with Crippen LogP contribution in [0.5, 0.6) is 0 Å². The second-order valence-electron chi connectivity index (χ2n) is 9.46. The molecule has 0 saturated carbocycles. The van der Waals surface area contributed by atoms with Crippen molar-refractivity contribution in [2.24, 2.45) is 11.7 Å². The quantitative estimate of drug-likeness (QED) is 0.367. The average Bonchev–Trinajstić information content (AvgIpc) is 2.87. The molecular weight excluding hydrogens is 471 g/mol. The molecule has 3 aromatic carbocycles. The van der Waals surface area contributed by atoms with Crippen LogP contribution in [0.4, 0.5) is 20.6 Å². The molecule has 1 aliphatic rings. The third-order valence-corrected chi connectivity index (χ3v) is 6.74. The summed E-state index contributed by atoms with van der Waals surface area (Å²) < 4.78 is 13.2. The minimum Gasteiger partial charge on any atom is -0.366 e. The maximum absolute atomic E-state index is 13.2. The molecule has 37 heavy (non-hydrogen) atoms. The van der Waals surface area contributed by atoms with Crippen LogP contribution in [0.25, 0.3) is 0 Å². The number of likely N-dealkylation sites (tertiary alicyclic amines) is 1. The Bertz CT molecular complexity index is 1280. The molecule has 0 atom stereocenters. The summed E-state index contributed by atoms with van der Waals surface area (Å²) >= 11 is 0. The smallest absolute Gasteiger partial charge is 0.323 e. The number of hydrogen-bond acceptors (Lipinski definition) is 4. The molecule has 0 aromatic heterocycles. The van der Waals surface area contributed by atoms with Gasteiger partial charge in [0.05, 0.1) is 0 Å². The maximum atomic E-state index is 13.2. The van der Waals surface area contributed by atoms with Gasteiger partial charge in [-0.25, -0.2) is 9.18 Å². The fourth-order valence-electron chi connectivity index (χ4n) is 4.73. The number of halogens is 1. The van der Waals surface area contributed by atoms with Crippen molar-refractivity contribution in [1.82, 2.24) is 4.90 Å². The van der Waals surface area contributed by atoms with Gasteiger partial charge in [0.15, 0.2) is 5.78 Å². The third-order valence-electron chi connectivity index (χ3n) is 6.74. The number of amides is 3. The summed E-state index contributed by atoms with van der Waals surface area (Å²) in [5, 5.41) is 5.58.